The maximum atomic E-state index is 12.6. The Morgan fingerprint density at radius 2 is 1.83 bits per heavy atom. The second-order valence-corrected chi connectivity index (χ2v) is 7.95. The van der Waals surface area contributed by atoms with Crippen LogP contribution in [0.25, 0.3) is 0 Å². The average Bonchev–Trinajstić information content (AvgIpc) is 2.76. The van der Waals surface area contributed by atoms with E-state index in [1.165, 1.54) is 0 Å². The lowest BCUT2D eigenvalue weighted by Crippen LogP contribution is -2.55. The van der Waals surface area contributed by atoms with Crippen LogP contribution >= 0.6 is 11.6 Å². The van der Waals surface area contributed by atoms with E-state index >= 15 is 0 Å². The maximum absolute atomic E-state index is 12.6. The molecule has 2 aliphatic heterocycles. The van der Waals surface area contributed by atoms with Crippen LogP contribution in [0.15, 0.2) is 24.3 Å². The highest BCUT2D eigenvalue weighted by Gasteiger charge is 2.31. The van der Waals surface area contributed by atoms with Gasteiger partial charge in [-0.25, -0.2) is 0 Å². The fraction of sp³-hybridized carbons (Fsp3) is 0.571. The molecule has 0 aromatic heterocycles. The van der Waals surface area contributed by atoms with E-state index in [4.69, 9.17) is 11.6 Å². The topological polar surface area (TPSA) is 73.0 Å². The number of hydrogen-bond donors (Lipinski definition) is 1. The number of nitrogens with one attached hydrogen (secondary N) is 1. The highest BCUT2D eigenvalue weighted by atomic mass is 35.5. The fourth-order valence-corrected chi connectivity index (χ4v) is 4.17. The summed E-state index contributed by atoms with van der Waals surface area (Å²) in [5.74, 6) is -0.320. The summed E-state index contributed by atoms with van der Waals surface area (Å²) in [5, 5.41) is 3.45. The highest BCUT2D eigenvalue weighted by molar-refractivity contribution is 6.30. The third kappa shape index (κ3) is 5.41. The van der Waals surface area contributed by atoms with E-state index in [1.807, 2.05) is 24.3 Å². The fourth-order valence-electron chi connectivity index (χ4n) is 3.98. The second kappa shape index (κ2) is 9.96. The van der Waals surface area contributed by atoms with Crippen molar-refractivity contribution in [1.29, 1.82) is 0 Å². The molecule has 1 aromatic rings. The van der Waals surface area contributed by atoms with Crippen molar-refractivity contribution in [3.05, 3.63) is 29.3 Å². The zero-order chi connectivity index (χ0) is 20.8. The Balaban J connectivity index is 1.47. The van der Waals surface area contributed by atoms with E-state index in [0.29, 0.717) is 37.5 Å². The number of halogens is 1. The Labute approximate surface area is 177 Å². The molecule has 0 aliphatic carbocycles. The van der Waals surface area contributed by atoms with Crippen LogP contribution in [0.4, 0.5) is 5.69 Å². The molecule has 0 bridgehead atoms. The first-order chi connectivity index (χ1) is 14.0. The minimum absolute atomic E-state index is 0.00619. The highest BCUT2D eigenvalue weighted by Crippen LogP contribution is 2.21. The Kier molecular flexibility index (Phi) is 7.36. The predicted octanol–water partition coefficient (Wildman–Crippen LogP) is 1.90. The van der Waals surface area contributed by atoms with Crippen molar-refractivity contribution in [2.45, 2.75) is 38.6 Å². The molecule has 3 amide bonds. The number of carbonyl (C=O) groups is 3. The average molecular weight is 421 g/mol. The number of piperazine rings is 1. The lowest BCUT2D eigenvalue weighted by molar-refractivity contribution is -0.142. The zero-order valence-corrected chi connectivity index (χ0v) is 17.7. The lowest BCUT2D eigenvalue weighted by Gasteiger charge is -2.37. The molecule has 0 saturated carbocycles. The molecule has 2 aliphatic rings. The van der Waals surface area contributed by atoms with Gasteiger partial charge in [-0.1, -0.05) is 24.6 Å². The van der Waals surface area contributed by atoms with Crippen LogP contribution in [-0.2, 0) is 14.4 Å². The molecule has 7 nitrogen and oxygen atoms in total. The van der Waals surface area contributed by atoms with E-state index in [-0.39, 0.29) is 24.3 Å². The number of piperidine rings is 1. The zero-order valence-electron chi connectivity index (χ0n) is 16.9. The Bertz CT molecular complexity index is 749. The van der Waals surface area contributed by atoms with Gasteiger partial charge in [0.15, 0.2) is 0 Å². The largest absolute Gasteiger partial charge is 0.368 e. The van der Waals surface area contributed by atoms with Crippen molar-refractivity contribution in [3.63, 3.8) is 0 Å². The minimum atomic E-state index is -0.455. The number of amides is 3. The molecule has 1 atom stereocenters. The molecule has 1 aromatic carbocycles. The molecule has 8 heteroatoms. The Morgan fingerprint density at radius 3 is 2.52 bits per heavy atom. The summed E-state index contributed by atoms with van der Waals surface area (Å²) in [5.41, 5.74) is 1.05. The van der Waals surface area contributed by atoms with Gasteiger partial charge in [-0.3, -0.25) is 14.4 Å². The summed E-state index contributed by atoms with van der Waals surface area (Å²) < 4.78 is 0. The van der Waals surface area contributed by atoms with Gasteiger partial charge in [0, 0.05) is 49.9 Å². The number of benzene rings is 1. The third-order valence-electron chi connectivity index (χ3n) is 5.65. The first-order valence-electron chi connectivity index (χ1n) is 10.3. The Hall–Kier alpha value is -2.28. The van der Waals surface area contributed by atoms with Crippen molar-refractivity contribution in [2.24, 2.45) is 0 Å². The second-order valence-electron chi connectivity index (χ2n) is 7.52. The van der Waals surface area contributed by atoms with Crippen molar-refractivity contribution >= 4 is 35.0 Å². The number of nitrogens with zero attached hydrogens (tertiary/aromatic N) is 3. The van der Waals surface area contributed by atoms with E-state index in [2.05, 4.69) is 10.2 Å². The monoisotopic (exact) mass is 420 g/mol. The number of hydrogen-bond acceptors (Lipinski definition) is 4. The normalized spacial score (nSPS) is 19.8. The van der Waals surface area contributed by atoms with E-state index < -0.39 is 6.04 Å². The molecular weight excluding hydrogens is 392 g/mol. The van der Waals surface area contributed by atoms with Gasteiger partial charge >= 0.3 is 0 Å². The molecule has 0 spiro atoms. The van der Waals surface area contributed by atoms with Crippen LogP contribution in [0.1, 0.15) is 32.6 Å². The van der Waals surface area contributed by atoms with Crippen LogP contribution in [-0.4, -0.2) is 72.8 Å². The molecule has 29 heavy (non-hydrogen) atoms. The molecule has 0 radical (unpaired) electrons. The van der Waals surface area contributed by atoms with Gasteiger partial charge in [0.1, 0.15) is 6.04 Å². The maximum Gasteiger partial charge on any atom is 0.243 e. The summed E-state index contributed by atoms with van der Waals surface area (Å²) in [6.07, 6.45) is 2.89. The van der Waals surface area contributed by atoms with Crippen molar-refractivity contribution in [3.8, 4) is 0 Å². The third-order valence-corrected chi connectivity index (χ3v) is 5.88. The van der Waals surface area contributed by atoms with Crippen molar-refractivity contribution < 1.29 is 14.4 Å². The molecule has 3 rings (SSSR count). The summed E-state index contributed by atoms with van der Waals surface area (Å²) in [6, 6.07) is 7.24. The minimum Gasteiger partial charge on any atom is -0.368 e. The van der Waals surface area contributed by atoms with Crippen molar-refractivity contribution in [1.82, 2.24) is 15.1 Å². The van der Waals surface area contributed by atoms with Gasteiger partial charge in [-0.2, -0.15) is 0 Å². The molecule has 2 saturated heterocycles. The van der Waals surface area contributed by atoms with E-state index in [1.54, 1.807) is 16.7 Å². The first kappa shape index (κ1) is 21.4. The van der Waals surface area contributed by atoms with Crippen molar-refractivity contribution in [2.75, 3.05) is 44.2 Å². The molecule has 158 valence electrons. The van der Waals surface area contributed by atoms with Crippen LogP contribution in [0.2, 0.25) is 5.02 Å². The van der Waals surface area contributed by atoms with Crippen LogP contribution < -0.4 is 10.2 Å². The van der Waals surface area contributed by atoms with Crippen LogP contribution in [0.3, 0.4) is 0 Å². The van der Waals surface area contributed by atoms with Gasteiger partial charge in [-0.15, -0.1) is 0 Å². The SMILES string of the molecule is CCC(=O)N1CCCCC1C(=O)NCC(=O)N1CCN(c2cccc(Cl)c2)CC1. The molecule has 2 fully saturated rings. The van der Waals surface area contributed by atoms with Crippen LogP contribution in [0, 0.1) is 0 Å². The first-order valence-corrected chi connectivity index (χ1v) is 10.7. The summed E-state index contributed by atoms with van der Waals surface area (Å²) in [7, 11) is 0. The van der Waals surface area contributed by atoms with Crippen LogP contribution in [0.5, 0.6) is 0 Å². The van der Waals surface area contributed by atoms with Gasteiger partial charge in [-0.05, 0) is 37.5 Å². The number of rotatable bonds is 5. The standard InChI is InChI=1S/C21H29ClN4O3/c1-2-19(27)26-9-4-3-8-18(26)21(29)23-15-20(28)25-12-10-24(11-13-25)17-7-5-6-16(22)14-17/h5-7,14,18H,2-4,8-13,15H2,1H3,(H,23,29). The van der Waals surface area contributed by atoms with Gasteiger partial charge in [0.25, 0.3) is 0 Å². The smallest absolute Gasteiger partial charge is 0.243 e. The lowest BCUT2D eigenvalue weighted by atomic mass is 10.0. The molecule has 2 heterocycles. The summed E-state index contributed by atoms with van der Waals surface area (Å²) in [6.45, 7) is 5.04. The van der Waals surface area contributed by atoms with E-state index in [0.717, 1.165) is 31.6 Å². The molecule has 1 N–H and O–H groups in total. The predicted molar refractivity (Wildman–Crippen MR) is 113 cm³/mol. The molecular formula is C21H29ClN4O3. The molecule has 1 unspecified atom stereocenters. The number of likely N-dealkylation sites (tertiary alicyclic amines) is 1. The quantitative estimate of drug-likeness (QED) is 0.789. The number of anilines is 1. The summed E-state index contributed by atoms with van der Waals surface area (Å²) in [4.78, 5) is 42.9. The van der Waals surface area contributed by atoms with Gasteiger partial charge in [0.2, 0.25) is 17.7 Å². The summed E-state index contributed by atoms with van der Waals surface area (Å²) >= 11 is 6.06. The van der Waals surface area contributed by atoms with Gasteiger partial charge in [0.05, 0.1) is 6.54 Å². The number of carbonyl (C=O) groups excluding carboxylic acids is 3. The van der Waals surface area contributed by atoms with Gasteiger partial charge < -0.3 is 20.0 Å². The Morgan fingerprint density at radius 1 is 1.07 bits per heavy atom. The van der Waals surface area contributed by atoms with E-state index in [9.17, 15) is 14.4 Å².